The van der Waals surface area contributed by atoms with Crippen molar-refractivity contribution in [3.8, 4) is 11.4 Å². The average Bonchev–Trinajstić information content (AvgIpc) is 3.23. The summed E-state index contributed by atoms with van der Waals surface area (Å²) in [5.41, 5.74) is 1.81. The highest BCUT2D eigenvalue weighted by Gasteiger charge is 2.44. The second kappa shape index (κ2) is 10.3. The highest BCUT2D eigenvalue weighted by Crippen LogP contribution is 2.37. The number of hydrogen-bond donors (Lipinski definition) is 1. The summed E-state index contributed by atoms with van der Waals surface area (Å²) >= 11 is 6.37. The van der Waals surface area contributed by atoms with Gasteiger partial charge in [-0.15, -0.1) is 0 Å². The largest absolute Gasteiger partial charge is 0.449 e. The SMILES string of the molecule is CCCCOC(=O)N1CC(c2cc(Cl)nc(-c3cc(C(=O)NC)ncn3)c2)N2C(=O)CC[C@@H]2C1. The van der Waals surface area contributed by atoms with Crippen molar-refractivity contribution in [2.75, 3.05) is 26.7 Å². The number of amides is 3. The van der Waals surface area contributed by atoms with Crippen LogP contribution in [0, 0.1) is 0 Å². The van der Waals surface area contributed by atoms with Gasteiger partial charge >= 0.3 is 6.09 Å². The zero-order valence-corrected chi connectivity index (χ0v) is 19.9. The number of unbranched alkanes of at least 4 members (excludes halogenated alkanes) is 1. The molecule has 4 heterocycles. The van der Waals surface area contributed by atoms with E-state index in [2.05, 4.69) is 20.3 Å². The second-order valence-corrected chi connectivity index (χ2v) is 8.75. The molecular weight excluding hydrogens is 460 g/mol. The van der Waals surface area contributed by atoms with Gasteiger partial charge in [0.15, 0.2) is 0 Å². The molecule has 2 atom stereocenters. The third kappa shape index (κ3) is 4.96. The number of piperazine rings is 1. The Morgan fingerprint density at radius 3 is 2.79 bits per heavy atom. The van der Waals surface area contributed by atoms with Gasteiger partial charge in [0.1, 0.15) is 17.2 Å². The molecule has 0 aliphatic carbocycles. The number of ether oxygens (including phenoxy) is 1. The lowest BCUT2D eigenvalue weighted by atomic mass is 9.99. The Hall–Kier alpha value is -3.27. The number of pyridine rings is 1. The Balaban J connectivity index is 1.66. The number of nitrogens with one attached hydrogen (secondary N) is 1. The molecule has 10 nitrogen and oxygen atoms in total. The van der Waals surface area contributed by atoms with E-state index in [9.17, 15) is 14.4 Å². The van der Waals surface area contributed by atoms with Gasteiger partial charge in [-0.25, -0.2) is 19.7 Å². The van der Waals surface area contributed by atoms with E-state index in [1.807, 2.05) is 11.8 Å². The molecule has 1 unspecified atom stereocenters. The molecule has 4 rings (SSSR count). The number of rotatable bonds is 6. The summed E-state index contributed by atoms with van der Waals surface area (Å²) in [6, 6.07) is 4.54. The minimum Gasteiger partial charge on any atom is -0.449 e. The van der Waals surface area contributed by atoms with Crippen LogP contribution in [-0.2, 0) is 9.53 Å². The minimum atomic E-state index is -0.396. The lowest BCUT2D eigenvalue weighted by molar-refractivity contribution is -0.134. The fourth-order valence-electron chi connectivity index (χ4n) is 4.40. The van der Waals surface area contributed by atoms with Gasteiger partial charge in [0, 0.05) is 26.6 Å². The molecule has 2 aromatic heterocycles. The first-order valence-corrected chi connectivity index (χ1v) is 11.7. The van der Waals surface area contributed by atoms with Crippen molar-refractivity contribution in [3.63, 3.8) is 0 Å². The Morgan fingerprint density at radius 1 is 1.21 bits per heavy atom. The number of fused-ring (bicyclic) bond motifs is 1. The molecule has 0 saturated carbocycles. The van der Waals surface area contributed by atoms with Crippen LogP contribution in [0.1, 0.15) is 54.7 Å². The number of halogens is 1. The van der Waals surface area contributed by atoms with Crippen LogP contribution in [0.3, 0.4) is 0 Å². The Kier molecular flexibility index (Phi) is 7.26. The lowest BCUT2D eigenvalue weighted by Crippen LogP contribution is -2.54. The Bertz CT molecular complexity index is 1100. The predicted molar refractivity (Wildman–Crippen MR) is 124 cm³/mol. The Morgan fingerprint density at radius 2 is 2.03 bits per heavy atom. The Labute approximate surface area is 202 Å². The van der Waals surface area contributed by atoms with E-state index in [4.69, 9.17) is 16.3 Å². The van der Waals surface area contributed by atoms with Crippen LogP contribution in [-0.4, -0.2) is 75.4 Å². The average molecular weight is 487 g/mol. The molecule has 2 saturated heterocycles. The van der Waals surface area contributed by atoms with Gasteiger partial charge in [0.05, 0.1) is 30.1 Å². The van der Waals surface area contributed by atoms with Crippen LogP contribution in [0.4, 0.5) is 4.79 Å². The summed E-state index contributed by atoms with van der Waals surface area (Å²) in [7, 11) is 1.52. The van der Waals surface area contributed by atoms with E-state index in [-0.39, 0.29) is 34.8 Å². The smallest absolute Gasteiger partial charge is 0.409 e. The van der Waals surface area contributed by atoms with Gasteiger partial charge in [0.25, 0.3) is 5.91 Å². The third-order valence-electron chi connectivity index (χ3n) is 6.11. The van der Waals surface area contributed by atoms with Crippen molar-refractivity contribution in [1.29, 1.82) is 0 Å². The standard InChI is InChI=1S/C23H27ClN6O4/c1-3-4-7-34-23(33)29-11-15-5-6-21(31)30(15)19(12-29)14-8-17(28-20(24)9-14)16-10-18(22(32)25-2)27-13-26-16/h8-10,13,15,19H,3-7,11-12H2,1-2H3,(H,25,32)/t15-,19?/m1/s1. The van der Waals surface area contributed by atoms with Crippen LogP contribution in [0.2, 0.25) is 5.15 Å². The molecule has 2 aromatic rings. The summed E-state index contributed by atoms with van der Waals surface area (Å²) in [5, 5.41) is 2.75. The summed E-state index contributed by atoms with van der Waals surface area (Å²) in [4.78, 5) is 53.6. The van der Waals surface area contributed by atoms with Gasteiger partial charge < -0.3 is 19.9 Å². The third-order valence-corrected chi connectivity index (χ3v) is 6.30. The van der Waals surface area contributed by atoms with E-state index < -0.39 is 6.04 Å². The first-order valence-electron chi connectivity index (χ1n) is 11.4. The van der Waals surface area contributed by atoms with Crippen LogP contribution >= 0.6 is 11.6 Å². The molecule has 2 aliphatic heterocycles. The molecule has 0 radical (unpaired) electrons. The molecule has 34 heavy (non-hydrogen) atoms. The molecule has 0 bridgehead atoms. The van der Waals surface area contributed by atoms with Crippen LogP contribution < -0.4 is 5.32 Å². The van der Waals surface area contributed by atoms with Crippen molar-refractivity contribution >= 4 is 29.5 Å². The van der Waals surface area contributed by atoms with Crippen LogP contribution in [0.25, 0.3) is 11.4 Å². The zero-order valence-electron chi connectivity index (χ0n) is 19.2. The molecule has 0 spiro atoms. The maximum absolute atomic E-state index is 12.7. The maximum Gasteiger partial charge on any atom is 0.409 e. The first kappa shape index (κ1) is 23.9. The van der Waals surface area contributed by atoms with Crippen molar-refractivity contribution in [2.45, 2.75) is 44.7 Å². The monoisotopic (exact) mass is 486 g/mol. The van der Waals surface area contributed by atoms with E-state index in [1.165, 1.54) is 19.4 Å². The number of nitrogens with zero attached hydrogens (tertiary/aromatic N) is 5. The van der Waals surface area contributed by atoms with E-state index in [0.717, 1.165) is 18.4 Å². The van der Waals surface area contributed by atoms with E-state index in [1.54, 1.807) is 17.0 Å². The number of carbonyl (C=O) groups is 3. The predicted octanol–water partition coefficient (Wildman–Crippen LogP) is 2.84. The van der Waals surface area contributed by atoms with Gasteiger partial charge in [-0.3, -0.25) is 9.59 Å². The maximum atomic E-state index is 12.7. The molecular formula is C23H27ClN6O4. The van der Waals surface area contributed by atoms with Gasteiger partial charge in [-0.05, 0) is 36.6 Å². The van der Waals surface area contributed by atoms with Crippen molar-refractivity contribution in [1.82, 2.24) is 30.1 Å². The number of hydrogen-bond acceptors (Lipinski definition) is 7. The molecule has 180 valence electrons. The van der Waals surface area contributed by atoms with Crippen molar-refractivity contribution in [2.24, 2.45) is 0 Å². The fraction of sp³-hybridized carbons (Fsp3) is 0.478. The van der Waals surface area contributed by atoms with Gasteiger partial charge in [0.2, 0.25) is 5.91 Å². The van der Waals surface area contributed by atoms with E-state index in [0.29, 0.717) is 43.9 Å². The van der Waals surface area contributed by atoms with Crippen LogP contribution in [0.15, 0.2) is 24.5 Å². The summed E-state index contributed by atoms with van der Waals surface area (Å²) in [6.07, 6.45) is 3.77. The first-order chi connectivity index (χ1) is 16.4. The molecule has 1 N–H and O–H groups in total. The summed E-state index contributed by atoms with van der Waals surface area (Å²) in [6.45, 7) is 3.14. The fourth-order valence-corrected chi connectivity index (χ4v) is 4.61. The minimum absolute atomic E-state index is 0.0485. The molecule has 11 heteroatoms. The molecule has 3 amide bonds. The van der Waals surface area contributed by atoms with Crippen molar-refractivity contribution in [3.05, 3.63) is 40.9 Å². The number of carbonyl (C=O) groups excluding carboxylic acids is 3. The highest BCUT2D eigenvalue weighted by atomic mass is 35.5. The van der Waals surface area contributed by atoms with Crippen molar-refractivity contribution < 1.29 is 19.1 Å². The quantitative estimate of drug-likeness (QED) is 0.492. The van der Waals surface area contributed by atoms with Gasteiger partial charge in [-0.2, -0.15) is 0 Å². The van der Waals surface area contributed by atoms with Crippen LogP contribution in [0.5, 0.6) is 0 Å². The lowest BCUT2D eigenvalue weighted by Gasteiger charge is -2.43. The number of aromatic nitrogens is 3. The normalized spacial score (nSPS) is 19.7. The molecule has 2 aliphatic rings. The summed E-state index contributed by atoms with van der Waals surface area (Å²) < 4.78 is 5.43. The van der Waals surface area contributed by atoms with E-state index >= 15 is 0 Å². The second-order valence-electron chi connectivity index (χ2n) is 8.36. The molecule has 0 aromatic carbocycles. The van der Waals surface area contributed by atoms with Gasteiger partial charge in [-0.1, -0.05) is 24.9 Å². The highest BCUT2D eigenvalue weighted by molar-refractivity contribution is 6.29. The topological polar surface area (TPSA) is 118 Å². The zero-order chi connectivity index (χ0) is 24.2. The summed E-state index contributed by atoms with van der Waals surface area (Å²) in [5.74, 6) is -0.298. The molecule has 2 fully saturated rings.